The maximum Gasteiger partial charge on any atom is 0.239 e. The molecule has 28 heavy (non-hydrogen) atoms. The first-order valence-corrected chi connectivity index (χ1v) is 9.92. The number of nitrogens with zero attached hydrogens (tertiary/aromatic N) is 2. The lowest BCUT2D eigenvalue weighted by Crippen LogP contribution is -2.30. The summed E-state index contributed by atoms with van der Waals surface area (Å²) in [5, 5.41) is 11.6. The number of nitrogens with one attached hydrogen (secondary N) is 2. The Balaban J connectivity index is 1.45. The minimum atomic E-state index is -0.113. The summed E-state index contributed by atoms with van der Waals surface area (Å²) < 4.78 is 1.81. The number of hydrogen-bond donors (Lipinski definition) is 2. The van der Waals surface area contributed by atoms with Crippen LogP contribution in [0.25, 0.3) is 5.69 Å². The molecular formula is C22H23ClN4O. The molecule has 0 bridgehead atoms. The monoisotopic (exact) mass is 394 g/mol. The molecule has 1 unspecified atom stereocenters. The second kappa shape index (κ2) is 8.17. The highest BCUT2D eigenvalue weighted by atomic mass is 35.5. The fourth-order valence-corrected chi connectivity index (χ4v) is 3.50. The molecule has 2 aromatic carbocycles. The summed E-state index contributed by atoms with van der Waals surface area (Å²) in [6.45, 7) is 2.18. The third-order valence-corrected chi connectivity index (χ3v) is 5.28. The van der Waals surface area contributed by atoms with Crippen molar-refractivity contribution in [2.24, 2.45) is 0 Å². The summed E-state index contributed by atoms with van der Waals surface area (Å²) in [7, 11) is 0. The van der Waals surface area contributed by atoms with Gasteiger partial charge in [-0.05, 0) is 43.5 Å². The molecule has 0 aliphatic heterocycles. The number of hydrogen-bond acceptors (Lipinski definition) is 3. The lowest BCUT2D eigenvalue weighted by atomic mass is 10.1. The van der Waals surface area contributed by atoms with Crippen molar-refractivity contribution in [2.75, 3.05) is 11.9 Å². The molecule has 144 valence electrons. The number of benzene rings is 2. The first kappa shape index (κ1) is 18.7. The van der Waals surface area contributed by atoms with E-state index >= 15 is 0 Å². The van der Waals surface area contributed by atoms with E-state index < -0.39 is 0 Å². The van der Waals surface area contributed by atoms with Crippen LogP contribution in [0.15, 0.2) is 60.7 Å². The molecule has 1 fully saturated rings. The third kappa shape index (κ3) is 4.26. The quantitative estimate of drug-likeness (QED) is 0.611. The van der Waals surface area contributed by atoms with Gasteiger partial charge in [0.25, 0.3) is 0 Å². The molecule has 1 saturated carbocycles. The Labute approximate surface area is 169 Å². The number of carbonyl (C=O) groups is 1. The van der Waals surface area contributed by atoms with Crippen LogP contribution in [0.3, 0.4) is 0 Å². The van der Waals surface area contributed by atoms with Gasteiger partial charge in [-0.3, -0.25) is 4.79 Å². The zero-order valence-electron chi connectivity index (χ0n) is 15.7. The number of halogens is 1. The molecule has 1 heterocycles. The van der Waals surface area contributed by atoms with Crippen molar-refractivity contribution in [1.82, 2.24) is 15.1 Å². The standard InChI is InChI=1S/C22H23ClN4O/c1-15(18-9-5-6-10-19(18)23)24-14-22(28)25-21-13-20(16-11-12-16)26-27(21)17-7-3-2-4-8-17/h2-10,13,15-16,24H,11-12,14H2,1H3,(H,25,28). The van der Waals surface area contributed by atoms with Crippen molar-refractivity contribution in [3.05, 3.63) is 76.9 Å². The first-order valence-electron chi connectivity index (χ1n) is 9.55. The van der Waals surface area contributed by atoms with Crippen LogP contribution in [0, 0.1) is 0 Å². The van der Waals surface area contributed by atoms with E-state index in [1.807, 2.05) is 72.3 Å². The second-order valence-corrected chi connectivity index (χ2v) is 7.56. The average Bonchev–Trinajstić information content (AvgIpc) is 3.48. The number of amides is 1. The van der Waals surface area contributed by atoms with Gasteiger partial charge in [-0.15, -0.1) is 0 Å². The topological polar surface area (TPSA) is 59.0 Å². The lowest BCUT2D eigenvalue weighted by Gasteiger charge is -2.15. The molecule has 0 radical (unpaired) electrons. The van der Waals surface area contributed by atoms with Crippen molar-refractivity contribution in [3.8, 4) is 5.69 Å². The van der Waals surface area contributed by atoms with Crippen molar-refractivity contribution in [2.45, 2.75) is 31.7 Å². The van der Waals surface area contributed by atoms with Crippen LogP contribution in [0.5, 0.6) is 0 Å². The molecule has 0 spiro atoms. The van der Waals surface area contributed by atoms with Gasteiger partial charge in [-0.25, -0.2) is 4.68 Å². The van der Waals surface area contributed by atoms with Gasteiger partial charge < -0.3 is 10.6 Å². The fraction of sp³-hybridized carbons (Fsp3) is 0.273. The molecule has 0 saturated heterocycles. The molecule has 2 N–H and O–H groups in total. The van der Waals surface area contributed by atoms with E-state index in [4.69, 9.17) is 16.7 Å². The Morgan fingerprint density at radius 2 is 1.89 bits per heavy atom. The van der Waals surface area contributed by atoms with E-state index in [1.165, 1.54) is 0 Å². The van der Waals surface area contributed by atoms with Gasteiger partial charge >= 0.3 is 0 Å². The second-order valence-electron chi connectivity index (χ2n) is 7.15. The maximum absolute atomic E-state index is 12.6. The van der Waals surface area contributed by atoms with E-state index in [0.717, 1.165) is 29.8 Å². The summed E-state index contributed by atoms with van der Waals surface area (Å²) in [5.74, 6) is 1.10. The number of para-hydroxylation sites is 1. The summed E-state index contributed by atoms with van der Waals surface area (Å²) in [6, 6.07) is 19.5. The Morgan fingerprint density at radius 1 is 1.18 bits per heavy atom. The van der Waals surface area contributed by atoms with E-state index in [2.05, 4.69) is 10.6 Å². The zero-order valence-corrected chi connectivity index (χ0v) is 16.5. The molecular weight excluding hydrogens is 372 g/mol. The largest absolute Gasteiger partial charge is 0.309 e. The van der Waals surface area contributed by atoms with Gasteiger partial charge in [0.1, 0.15) is 5.82 Å². The maximum atomic E-state index is 12.6. The van der Waals surface area contributed by atoms with Crippen LogP contribution in [0.2, 0.25) is 5.02 Å². The Bertz CT molecular complexity index is 966. The highest BCUT2D eigenvalue weighted by Gasteiger charge is 2.28. The normalized spacial score (nSPS) is 14.6. The average molecular weight is 395 g/mol. The van der Waals surface area contributed by atoms with Crippen molar-refractivity contribution in [3.63, 3.8) is 0 Å². The van der Waals surface area contributed by atoms with Crippen LogP contribution < -0.4 is 10.6 Å². The summed E-state index contributed by atoms with van der Waals surface area (Å²) in [4.78, 5) is 12.6. The van der Waals surface area contributed by atoms with Crippen LogP contribution in [0.1, 0.15) is 43.0 Å². The highest BCUT2D eigenvalue weighted by Crippen LogP contribution is 2.40. The minimum Gasteiger partial charge on any atom is -0.309 e. The highest BCUT2D eigenvalue weighted by molar-refractivity contribution is 6.31. The van der Waals surface area contributed by atoms with E-state index in [1.54, 1.807) is 0 Å². The minimum absolute atomic E-state index is 0.0273. The van der Waals surface area contributed by atoms with Crippen molar-refractivity contribution >= 4 is 23.3 Å². The van der Waals surface area contributed by atoms with E-state index in [9.17, 15) is 4.79 Å². The smallest absolute Gasteiger partial charge is 0.239 e. The van der Waals surface area contributed by atoms with Gasteiger partial charge in [-0.2, -0.15) is 5.10 Å². The molecule has 5 nitrogen and oxygen atoms in total. The van der Waals surface area contributed by atoms with E-state index in [-0.39, 0.29) is 18.5 Å². The molecule has 1 aliphatic carbocycles. The van der Waals surface area contributed by atoms with Gasteiger partial charge in [0.15, 0.2) is 0 Å². The number of aromatic nitrogens is 2. The summed E-state index contributed by atoms with van der Waals surface area (Å²) >= 11 is 6.24. The number of rotatable bonds is 7. The van der Waals surface area contributed by atoms with E-state index in [0.29, 0.717) is 16.8 Å². The van der Waals surface area contributed by atoms with Gasteiger partial charge in [0.2, 0.25) is 5.91 Å². The molecule has 6 heteroatoms. The lowest BCUT2D eigenvalue weighted by molar-refractivity contribution is -0.115. The Hall–Kier alpha value is -2.63. The van der Waals surface area contributed by atoms with Gasteiger partial charge in [-0.1, -0.05) is 48.0 Å². The fourth-order valence-electron chi connectivity index (χ4n) is 3.20. The number of carbonyl (C=O) groups excluding carboxylic acids is 1. The van der Waals surface area contributed by atoms with Gasteiger partial charge in [0.05, 0.1) is 17.9 Å². The first-order chi connectivity index (χ1) is 13.6. The molecule has 1 amide bonds. The molecule has 1 aliphatic rings. The Morgan fingerprint density at radius 3 is 2.61 bits per heavy atom. The van der Waals surface area contributed by atoms with Gasteiger partial charge in [0, 0.05) is 23.0 Å². The molecule has 1 aromatic heterocycles. The predicted molar refractivity (Wildman–Crippen MR) is 112 cm³/mol. The molecule has 3 aromatic rings. The molecule has 4 rings (SSSR count). The van der Waals surface area contributed by atoms with Crippen LogP contribution >= 0.6 is 11.6 Å². The summed E-state index contributed by atoms with van der Waals surface area (Å²) in [5.41, 5.74) is 2.95. The summed E-state index contributed by atoms with van der Waals surface area (Å²) in [6.07, 6.45) is 2.33. The van der Waals surface area contributed by atoms with Crippen LogP contribution in [0.4, 0.5) is 5.82 Å². The Kier molecular flexibility index (Phi) is 5.46. The number of anilines is 1. The zero-order chi connectivity index (χ0) is 19.5. The molecule has 1 atom stereocenters. The SMILES string of the molecule is CC(NCC(=O)Nc1cc(C2CC2)nn1-c1ccccc1)c1ccccc1Cl. The van der Waals surface area contributed by atoms with Crippen LogP contribution in [-0.4, -0.2) is 22.2 Å². The van der Waals surface area contributed by atoms with Crippen molar-refractivity contribution < 1.29 is 4.79 Å². The van der Waals surface area contributed by atoms with Crippen LogP contribution in [-0.2, 0) is 4.79 Å². The predicted octanol–water partition coefficient (Wildman–Crippen LogP) is 4.69. The third-order valence-electron chi connectivity index (χ3n) is 4.93. The van der Waals surface area contributed by atoms with Crippen molar-refractivity contribution in [1.29, 1.82) is 0 Å².